The van der Waals surface area contributed by atoms with Gasteiger partial charge in [-0.1, -0.05) is 13.3 Å². The minimum Gasteiger partial charge on any atom is -0.466 e. The minimum absolute atomic E-state index is 0.0691. The molecule has 3 nitrogen and oxygen atoms in total. The van der Waals surface area contributed by atoms with E-state index >= 15 is 0 Å². The second kappa shape index (κ2) is 5.50. The smallest absolute Gasteiger partial charge is 0.311 e. The Morgan fingerprint density at radius 2 is 2.07 bits per heavy atom. The summed E-state index contributed by atoms with van der Waals surface area (Å²) in [5, 5.41) is 0. The zero-order valence-corrected chi connectivity index (χ0v) is 10.0. The standard InChI is InChI=1S/C12H22O3/c1-4-6-7-15-10-8-12(3,9-10)11(13)14-5-2/h10H,4-9H2,1-3H3/t10-,12-. The summed E-state index contributed by atoms with van der Waals surface area (Å²) in [6, 6.07) is 0. The Morgan fingerprint density at radius 3 is 2.60 bits per heavy atom. The van der Waals surface area contributed by atoms with Gasteiger partial charge in [-0.25, -0.2) is 0 Å². The van der Waals surface area contributed by atoms with Crippen molar-refractivity contribution in [3.63, 3.8) is 0 Å². The summed E-state index contributed by atoms with van der Waals surface area (Å²) >= 11 is 0. The SMILES string of the molecule is CCCCO[C@H]1C[C@](C)(C(=O)OCC)C1. The van der Waals surface area contributed by atoms with Gasteiger partial charge in [-0.15, -0.1) is 0 Å². The van der Waals surface area contributed by atoms with Crippen LogP contribution in [0.5, 0.6) is 0 Å². The molecule has 0 aliphatic heterocycles. The first-order valence-corrected chi connectivity index (χ1v) is 5.91. The summed E-state index contributed by atoms with van der Waals surface area (Å²) in [5.74, 6) is -0.0691. The fourth-order valence-electron chi connectivity index (χ4n) is 1.93. The molecule has 0 radical (unpaired) electrons. The van der Waals surface area contributed by atoms with Crippen molar-refractivity contribution in [1.29, 1.82) is 0 Å². The molecule has 0 spiro atoms. The van der Waals surface area contributed by atoms with Crippen molar-refractivity contribution >= 4 is 5.97 Å². The van der Waals surface area contributed by atoms with E-state index in [1.165, 1.54) is 0 Å². The van der Waals surface area contributed by atoms with Crippen LogP contribution in [0, 0.1) is 5.41 Å². The van der Waals surface area contributed by atoms with E-state index < -0.39 is 0 Å². The Kier molecular flexibility index (Phi) is 4.58. The lowest BCUT2D eigenvalue weighted by molar-refractivity contribution is -0.171. The Hall–Kier alpha value is -0.570. The Balaban J connectivity index is 2.19. The third kappa shape index (κ3) is 3.20. The summed E-state index contributed by atoms with van der Waals surface area (Å²) < 4.78 is 10.7. The average Bonchev–Trinajstić information content (AvgIpc) is 2.15. The number of rotatable bonds is 6. The zero-order valence-electron chi connectivity index (χ0n) is 10.0. The van der Waals surface area contributed by atoms with E-state index in [-0.39, 0.29) is 17.5 Å². The number of esters is 1. The first kappa shape index (κ1) is 12.5. The van der Waals surface area contributed by atoms with Crippen LogP contribution < -0.4 is 0 Å². The van der Waals surface area contributed by atoms with E-state index in [0.717, 1.165) is 32.3 Å². The third-order valence-electron chi connectivity index (χ3n) is 2.98. The first-order chi connectivity index (χ1) is 7.12. The molecule has 0 aromatic carbocycles. The van der Waals surface area contributed by atoms with Crippen molar-refractivity contribution in [2.24, 2.45) is 5.41 Å². The van der Waals surface area contributed by atoms with Gasteiger partial charge in [-0.3, -0.25) is 4.79 Å². The molecule has 0 amide bonds. The van der Waals surface area contributed by atoms with Gasteiger partial charge >= 0.3 is 5.97 Å². The highest BCUT2D eigenvalue weighted by atomic mass is 16.5. The van der Waals surface area contributed by atoms with Crippen LogP contribution in [-0.2, 0) is 14.3 Å². The van der Waals surface area contributed by atoms with Gasteiger partial charge in [0.05, 0.1) is 18.1 Å². The molecule has 15 heavy (non-hydrogen) atoms. The highest BCUT2D eigenvalue weighted by Gasteiger charge is 2.47. The summed E-state index contributed by atoms with van der Waals surface area (Å²) in [6.07, 6.45) is 4.16. The average molecular weight is 214 g/mol. The van der Waals surface area contributed by atoms with E-state index in [9.17, 15) is 4.79 Å². The van der Waals surface area contributed by atoms with Crippen molar-refractivity contribution in [2.75, 3.05) is 13.2 Å². The Labute approximate surface area is 92.1 Å². The first-order valence-electron chi connectivity index (χ1n) is 5.91. The van der Waals surface area contributed by atoms with Gasteiger partial charge in [0.1, 0.15) is 0 Å². The van der Waals surface area contributed by atoms with Gasteiger partial charge in [0.2, 0.25) is 0 Å². The van der Waals surface area contributed by atoms with E-state index in [1.54, 1.807) is 0 Å². The molecular weight excluding hydrogens is 192 g/mol. The minimum atomic E-state index is -0.285. The van der Waals surface area contributed by atoms with Crippen molar-refractivity contribution in [2.45, 2.75) is 52.6 Å². The van der Waals surface area contributed by atoms with E-state index in [1.807, 2.05) is 13.8 Å². The van der Waals surface area contributed by atoms with Crippen molar-refractivity contribution < 1.29 is 14.3 Å². The Bertz CT molecular complexity index is 207. The van der Waals surface area contributed by atoms with Gasteiger partial charge in [-0.05, 0) is 33.1 Å². The second-order valence-electron chi connectivity index (χ2n) is 4.54. The lowest BCUT2D eigenvalue weighted by Crippen LogP contribution is -2.46. The molecule has 0 heterocycles. The number of carbonyl (C=O) groups excluding carboxylic acids is 1. The van der Waals surface area contributed by atoms with Gasteiger partial charge in [0, 0.05) is 6.61 Å². The molecule has 0 aromatic heterocycles. The summed E-state index contributed by atoms with van der Waals surface area (Å²) in [4.78, 5) is 11.5. The predicted octanol–water partition coefficient (Wildman–Crippen LogP) is 2.53. The van der Waals surface area contributed by atoms with Crippen LogP contribution >= 0.6 is 0 Å². The quantitative estimate of drug-likeness (QED) is 0.503. The molecule has 0 bridgehead atoms. The Morgan fingerprint density at radius 1 is 1.40 bits per heavy atom. The fraction of sp³-hybridized carbons (Fsp3) is 0.917. The second-order valence-corrected chi connectivity index (χ2v) is 4.54. The van der Waals surface area contributed by atoms with E-state index in [0.29, 0.717) is 6.61 Å². The predicted molar refractivity (Wildman–Crippen MR) is 58.6 cm³/mol. The summed E-state index contributed by atoms with van der Waals surface area (Å²) in [7, 11) is 0. The number of hydrogen-bond acceptors (Lipinski definition) is 3. The third-order valence-corrected chi connectivity index (χ3v) is 2.98. The number of carbonyl (C=O) groups is 1. The molecule has 1 aliphatic rings. The molecule has 0 saturated heterocycles. The maximum atomic E-state index is 11.5. The van der Waals surface area contributed by atoms with Gasteiger partial charge in [-0.2, -0.15) is 0 Å². The van der Waals surface area contributed by atoms with Crippen molar-refractivity contribution in [3.05, 3.63) is 0 Å². The highest BCUT2D eigenvalue weighted by molar-refractivity contribution is 5.77. The molecule has 88 valence electrons. The topological polar surface area (TPSA) is 35.5 Å². The van der Waals surface area contributed by atoms with E-state index in [4.69, 9.17) is 9.47 Å². The molecule has 1 saturated carbocycles. The number of unbranched alkanes of at least 4 members (excludes halogenated alkanes) is 1. The van der Waals surface area contributed by atoms with Crippen LogP contribution in [0.2, 0.25) is 0 Å². The highest BCUT2D eigenvalue weighted by Crippen LogP contribution is 2.43. The van der Waals surface area contributed by atoms with Gasteiger partial charge in [0.25, 0.3) is 0 Å². The molecule has 1 fully saturated rings. The molecule has 0 aromatic rings. The van der Waals surface area contributed by atoms with Gasteiger partial charge in [0.15, 0.2) is 0 Å². The largest absolute Gasteiger partial charge is 0.466 e. The van der Waals surface area contributed by atoms with Crippen LogP contribution in [0.15, 0.2) is 0 Å². The molecule has 0 unspecified atom stereocenters. The molecule has 3 heteroatoms. The fourth-order valence-corrected chi connectivity index (χ4v) is 1.93. The van der Waals surface area contributed by atoms with Crippen LogP contribution in [0.1, 0.15) is 46.5 Å². The van der Waals surface area contributed by atoms with Crippen molar-refractivity contribution in [3.8, 4) is 0 Å². The van der Waals surface area contributed by atoms with Crippen LogP contribution in [0.25, 0.3) is 0 Å². The number of ether oxygens (including phenoxy) is 2. The molecule has 1 rings (SSSR count). The molecular formula is C12H22O3. The van der Waals surface area contributed by atoms with Crippen molar-refractivity contribution in [1.82, 2.24) is 0 Å². The van der Waals surface area contributed by atoms with E-state index in [2.05, 4.69) is 6.92 Å². The van der Waals surface area contributed by atoms with Crippen LogP contribution in [-0.4, -0.2) is 25.3 Å². The lowest BCUT2D eigenvalue weighted by Gasteiger charge is -2.42. The molecule has 0 atom stereocenters. The zero-order chi connectivity index (χ0) is 11.3. The molecule has 0 N–H and O–H groups in total. The molecule has 1 aliphatic carbocycles. The maximum Gasteiger partial charge on any atom is 0.311 e. The van der Waals surface area contributed by atoms with Crippen LogP contribution in [0.4, 0.5) is 0 Å². The van der Waals surface area contributed by atoms with Crippen LogP contribution in [0.3, 0.4) is 0 Å². The monoisotopic (exact) mass is 214 g/mol. The van der Waals surface area contributed by atoms with Gasteiger partial charge < -0.3 is 9.47 Å². The summed E-state index contributed by atoms with van der Waals surface area (Å²) in [5.41, 5.74) is -0.285. The lowest BCUT2D eigenvalue weighted by atomic mass is 9.68. The maximum absolute atomic E-state index is 11.5. The normalized spacial score (nSPS) is 29.7. The number of hydrogen-bond donors (Lipinski definition) is 0. The summed E-state index contributed by atoms with van der Waals surface area (Å²) in [6.45, 7) is 7.24.